The van der Waals surface area contributed by atoms with Crippen molar-refractivity contribution in [3.8, 4) is 0 Å². The van der Waals surface area contributed by atoms with Gasteiger partial charge in [-0.3, -0.25) is 4.79 Å². The topological polar surface area (TPSA) is 95.4 Å². The largest absolute Gasteiger partial charge is 0.481 e. The Labute approximate surface area is 116 Å². The minimum atomic E-state index is -0.800. The molecule has 1 aromatic rings. The van der Waals surface area contributed by atoms with Crippen LogP contribution in [0.3, 0.4) is 0 Å². The summed E-state index contributed by atoms with van der Waals surface area (Å²) in [6.45, 7) is 0.328. The second-order valence-electron chi connectivity index (χ2n) is 5.25. The third-order valence-electron chi connectivity index (χ3n) is 4.15. The van der Waals surface area contributed by atoms with E-state index in [-0.39, 0.29) is 18.1 Å². The lowest BCUT2D eigenvalue weighted by molar-refractivity contribution is -0.142. The van der Waals surface area contributed by atoms with E-state index in [1.54, 1.807) is 17.2 Å². The van der Waals surface area contributed by atoms with Crippen LogP contribution in [0.2, 0.25) is 0 Å². The molecule has 7 nitrogen and oxygen atoms in total. The number of rotatable bonds is 3. The minimum absolute atomic E-state index is 0.0616. The molecule has 2 N–H and O–H groups in total. The zero-order chi connectivity index (χ0) is 14.1. The van der Waals surface area contributed by atoms with Gasteiger partial charge in [-0.05, 0) is 25.3 Å². The quantitative estimate of drug-likeness (QED) is 0.844. The second-order valence-corrected chi connectivity index (χ2v) is 5.25. The van der Waals surface area contributed by atoms with Crippen molar-refractivity contribution in [2.24, 2.45) is 5.92 Å². The maximum Gasteiger partial charge on any atom is 0.318 e. The molecule has 0 saturated carbocycles. The van der Waals surface area contributed by atoms with Crippen LogP contribution >= 0.6 is 0 Å². The first-order valence-electron chi connectivity index (χ1n) is 6.70. The summed E-state index contributed by atoms with van der Waals surface area (Å²) in [7, 11) is 0. The Morgan fingerprint density at radius 3 is 2.95 bits per heavy atom. The highest BCUT2D eigenvalue weighted by molar-refractivity contribution is 5.79. The number of carbonyl (C=O) groups excluding carboxylic acids is 1. The average Bonchev–Trinajstić information content (AvgIpc) is 3.03. The number of hydrogen-bond acceptors (Lipinski definition) is 4. The summed E-state index contributed by atoms with van der Waals surface area (Å²) in [5.74, 6) is -1.22. The van der Waals surface area contributed by atoms with E-state index in [0.29, 0.717) is 13.0 Å². The van der Waals surface area contributed by atoms with Crippen LogP contribution in [0.15, 0.2) is 18.6 Å². The molecule has 0 aliphatic carbocycles. The van der Waals surface area contributed by atoms with Crippen molar-refractivity contribution in [3.05, 3.63) is 24.3 Å². The highest BCUT2D eigenvalue weighted by atomic mass is 16.4. The van der Waals surface area contributed by atoms with Crippen molar-refractivity contribution in [1.29, 1.82) is 0 Å². The van der Waals surface area contributed by atoms with Crippen LogP contribution in [0.4, 0.5) is 4.79 Å². The fraction of sp³-hybridized carbons (Fsp3) is 0.538. The van der Waals surface area contributed by atoms with Crippen molar-refractivity contribution in [3.63, 3.8) is 0 Å². The van der Waals surface area contributed by atoms with Gasteiger partial charge >= 0.3 is 12.0 Å². The smallest absolute Gasteiger partial charge is 0.318 e. The summed E-state index contributed by atoms with van der Waals surface area (Å²) in [4.78, 5) is 32.9. The van der Waals surface area contributed by atoms with Crippen LogP contribution in [0, 0.1) is 5.92 Å². The molecule has 20 heavy (non-hydrogen) atoms. The lowest BCUT2D eigenvalue weighted by Crippen LogP contribution is -2.44. The van der Waals surface area contributed by atoms with E-state index in [2.05, 4.69) is 15.3 Å². The molecule has 3 heterocycles. The van der Waals surface area contributed by atoms with Gasteiger partial charge in [0.15, 0.2) is 0 Å². The third-order valence-corrected chi connectivity index (χ3v) is 4.15. The first-order chi connectivity index (χ1) is 9.66. The lowest BCUT2D eigenvalue weighted by atomic mass is 9.89. The maximum absolute atomic E-state index is 12.2. The van der Waals surface area contributed by atoms with Gasteiger partial charge in [-0.1, -0.05) is 0 Å². The van der Waals surface area contributed by atoms with Gasteiger partial charge in [0.05, 0.1) is 18.2 Å². The highest BCUT2D eigenvalue weighted by Gasteiger charge is 2.51. The fourth-order valence-electron chi connectivity index (χ4n) is 3.25. The number of fused-ring (bicyclic) bond motifs is 2. The van der Waals surface area contributed by atoms with Crippen LogP contribution in [0.5, 0.6) is 0 Å². The molecule has 0 spiro atoms. The molecule has 3 atom stereocenters. The van der Waals surface area contributed by atoms with E-state index in [1.807, 2.05) is 0 Å². The summed E-state index contributed by atoms with van der Waals surface area (Å²) in [5, 5.41) is 12.0. The normalized spacial score (nSPS) is 27.6. The van der Waals surface area contributed by atoms with E-state index in [1.165, 1.54) is 6.33 Å². The molecule has 7 heteroatoms. The number of nitrogens with one attached hydrogen (secondary N) is 1. The Bertz CT molecular complexity index is 522. The van der Waals surface area contributed by atoms with Gasteiger partial charge in [-0.15, -0.1) is 0 Å². The molecule has 0 aromatic carbocycles. The Morgan fingerprint density at radius 1 is 1.45 bits per heavy atom. The zero-order valence-electron chi connectivity index (χ0n) is 10.9. The molecule has 106 valence electrons. The molecule has 2 amide bonds. The summed E-state index contributed by atoms with van der Waals surface area (Å²) >= 11 is 0. The first kappa shape index (κ1) is 12.8. The molecule has 1 aromatic heterocycles. The van der Waals surface area contributed by atoms with Crippen molar-refractivity contribution in [1.82, 2.24) is 20.2 Å². The summed E-state index contributed by atoms with van der Waals surface area (Å²) in [6, 6.07) is 1.44. The van der Waals surface area contributed by atoms with Gasteiger partial charge < -0.3 is 15.3 Å². The predicted molar refractivity (Wildman–Crippen MR) is 68.7 cm³/mol. The number of nitrogens with zero attached hydrogens (tertiary/aromatic N) is 3. The van der Waals surface area contributed by atoms with Gasteiger partial charge in [-0.25, -0.2) is 14.8 Å². The van der Waals surface area contributed by atoms with Gasteiger partial charge in [-0.2, -0.15) is 0 Å². The molecular formula is C13H16N4O3. The number of urea groups is 1. The molecule has 2 bridgehead atoms. The zero-order valence-corrected chi connectivity index (χ0v) is 10.9. The van der Waals surface area contributed by atoms with E-state index in [9.17, 15) is 9.59 Å². The van der Waals surface area contributed by atoms with Crippen LogP contribution in [0.25, 0.3) is 0 Å². The Morgan fingerprint density at radius 2 is 2.30 bits per heavy atom. The van der Waals surface area contributed by atoms with E-state index < -0.39 is 11.9 Å². The minimum Gasteiger partial charge on any atom is -0.481 e. The number of amides is 2. The Kier molecular flexibility index (Phi) is 3.25. The maximum atomic E-state index is 12.2. The monoisotopic (exact) mass is 276 g/mol. The van der Waals surface area contributed by atoms with Crippen LogP contribution in [-0.4, -0.2) is 44.1 Å². The van der Waals surface area contributed by atoms with Crippen molar-refractivity contribution in [2.45, 2.75) is 37.9 Å². The predicted octanol–water partition coefficient (Wildman–Crippen LogP) is 0.624. The van der Waals surface area contributed by atoms with E-state index in [4.69, 9.17) is 5.11 Å². The van der Waals surface area contributed by atoms with Crippen molar-refractivity contribution < 1.29 is 14.7 Å². The Balaban J connectivity index is 1.62. The van der Waals surface area contributed by atoms with Crippen LogP contribution in [-0.2, 0) is 11.3 Å². The van der Waals surface area contributed by atoms with Crippen molar-refractivity contribution >= 4 is 12.0 Å². The van der Waals surface area contributed by atoms with E-state index in [0.717, 1.165) is 18.5 Å². The number of carboxylic acid groups (broad SMARTS) is 1. The average molecular weight is 276 g/mol. The molecule has 2 saturated heterocycles. The number of carboxylic acids is 1. The fourth-order valence-corrected chi connectivity index (χ4v) is 3.25. The van der Waals surface area contributed by atoms with Gasteiger partial charge in [0.25, 0.3) is 0 Å². The van der Waals surface area contributed by atoms with Gasteiger partial charge in [0, 0.05) is 18.3 Å². The summed E-state index contributed by atoms with van der Waals surface area (Å²) < 4.78 is 0. The number of aromatic nitrogens is 2. The summed E-state index contributed by atoms with van der Waals surface area (Å²) in [5.41, 5.74) is 0.731. The van der Waals surface area contributed by atoms with Gasteiger partial charge in [0.1, 0.15) is 6.33 Å². The second kappa shape index (κ2) is 5.07. The molecule has 2 aliphatic heterocycles. The van der Waals surface area contributed by atoms with Crippen LogP contribution in [0.1, 0.15) is 25.0 Å². The van der Waals surface area contributed by atoms with Crippen LogP contribution < -0.4 is 5.32 Å². The molecule has 0 radical (unpaired) electrons. The number of hydrogen-bond donors (Lipinski definition) is 2. The highest BCUT2D eigenvalue weighted by Crippen LogP contribution is 2.41. The molecular weight excluding hydrogens is 260 g/mol. The van der Waals surface area contributed by atoms with Gasteiger partial charge in [0.2, 0.25) is 0 Å². The first-order valence-corrected chi connectivity index (χ1v) is 6.70. The molecule has 3 unspecified atom stereocenters. The SMILES string of the molecule is O=C(O)C1CC2CCC1N2C(=O)NCc1ccncn1. The number of carbonyl (C=O) groups is 2. The molecule has 2 fully saturated rings. The third kappa shape index (κ3) is 2.19. The molecule has 2 aliphatic rings. The Hall–Kier alpha value is -2.18. The van der Waals surface area contributed by atoms with E-state index >= 15 is 0 Å². The summed E-state index contributed by atoms with van der Waals surface area (Å²) in [6.07, 6.45) is 5.30. The lowest BCUT2D eigenvalue weighted by Gasteiger charge is -2.23. The molecule has 3 rings (SSSR count). The van der Waals surface area contributed by atoms with Crippen molar-refractivity contribution in [2.75, 3.05) is 0 Å². The number of aliphatic carboxylic acids is 1. The standard InChI is InChI=1S/C13H16N4O3/c18-12(19)10-5-9-1-2-11(10)17(9)13(20)15-6-8-3-4-14-7-16-8/h3-4,7,9-11H,1-2,5-6H2,(H,15,20)(H,18,19).